The first-order valence-corrected chi connectivity index (χ1v) is 5.09. The number of hydrogen-bond acceptors (Lipinski definition) is 3. The third-order valence-electron chi connectivity index (χ3n) is 2.31. The lowest BCUT2D eigenvalue weighted by atomic mass is 10.1. The van der Waals surface area contributed by atoms with Crippen LogP contribution >= 0.6 is 0 Å². The first kappa shape index (κ1) is 13.5. The molecule has 94 valence electrons. The van der Waals surface area contributed by atoms with Gasteiger partial charge in [-0.2, -0.15) is 0 Å². The summed E-state index contributed by atoms with van der Waals surface area (Å²) in [7, 11) is 0. The molecule has 17 heavy (non-hydrogen) atoms. The van der Waals surface area contributed by atoms with Crippen molar-refractivity contribution >= 4 is 5.91 Å². The van der Waals surface area contributed by atoms with Crippen molar-refractivity contribution in [3.8, 4) is 0 Å². The highest BCUT2D eigenvalue weighted by atomic mass is 19.2. The number of nitrogens with one attached hydrogen (secondary N) is 1. The maximum atomic E-state index is 13.2. The molecule has 1 rings (SSSR count). The number of aliphatic hydroxyl groups is 1. The van der Waals surface area contributed by atoms with Gasteiger partial charge in [0.1, 0.15) is 0 Å². The van der Waals surface area contributed by atoms with E-state index in [1.54, 1.807) is 0 Å². The Hall–Kier alpha value is -1.53. The standard InChI is InChI=1S/C11H14F2N2O2/c1-6(16)9(14)5-15-11(17)7-3-2-4-8(12)10(7)13/h2-4,6,9,16H,5,14H2,1H3,(H,15,17). The number of carbonyl (C=O) groups excluding carboxylic acids is 1. The Morgan fingerprint density at radius 3 is 2.76 bits per heavy atom. The van der Waals surface area contributed by atoms with Crippen molar-refractivity contribution < 1.29 is 18.7 Å². The molecule has 6 heteroatoms. The van der Waals surface area contributed by atoms with Gasteiger partial charge < -0.3 is 16.2 Å². The summed E-state index contributed by atoms with van der Waals surface area (Å²) in [6, 6.07) is 2.67. The Labute approximate surface area is 97.4 Å². The van der Waals surface area contributed by atoms with Gasteiger partial charge in [0.15, 0.2) is 11.6 Å². The lowest BCUT2D eigenvalue weighted by molar-refractivity contribution is 0.0932. The normalized spacial score (nSPS) is 14.2. The van der Waals surface area contributed by atoms with Crippen molar-refractivity contribution in [3.63, 3.8) is 0 Å². The van der Waals surface area contributed by atoms with Crippen LogP contribution in [-0.4, -0.2) is 29.7 Å². The summed E-state index contributed by atoms with van der Waals surface area (Å²) in [6.07, 6.45) is -0.798. The minimum Gasteiger partial charge on any atom is -0.392 e. The molecule has 0 saturated carbocycles. The molecule has 2 atom stereocenters. The minimum atomic E-state index is -1.20. The van der Waals surface area contributed by atoms with E-state index in [-0.39, 0.29) is 12.1 Å². The molecule has 1 aromatic carbocycles. The molecule has 1 amide bonds. The van der Waals surface area contributed by atoms with Gasteiger partial charge in [0.2, 0.25) is 0 Å². The lowest BCUT2D eigenvalue weighted by Crippen LogP contribution is -2.43. The number of amides is 1. The van der Waals surface area contributed by atoms with Crippen LogP contribution in [0.4, 0.5) is 8.78 Å². The van der Waals surface area contributed by atoms with E-state index < -0.39 is 29.7 Å². The van der Waals surface area contributed by atoms with Gasteiger partial charge in [0.25, 0.3) is 5.91 Å². The fourth-order valence-electron chi connectivity index (χ4n) is 1.16. The average molecular weight is 244 g/mol. The molecule has 0 aliphatic heterocycles. The van der Waals surface area contributed by atoms with Gasteiger partial charge in [0.05, 0.1) is 11.7 Å². The van der Waals surface area contributed by atoms with E-state index in [2.05, 4.69) is 5.32 Å². The third kappa shape index (κ3) is 3.47. The summed E-state index contributed by atoms with van der Waals surface area (Å²) in [6.45, 7) is 1.45. The predicted molar refractivity (Wildman–Crippen MR) is 58.3 cm³/mol. The number of hydrogen-bond donors (Lipinski definition) is 3. The zero-order chi connectivity index (χ0) is 13.0. The Morgan fingerprint density at radius 2 is 2.18 bits per heavy atom. The third-order valence-corrected chi connectivity index (χ3v) is 2.31. The molecule has 4 nitrogen and oxygen atoms in total. The second-order valence-corrected chi connectivity index (χ2v) is 3.72. The molecule has 0 heterocycles. The van der Waals surface area contributed by atoms with Gasteiger partial charge in [-0.3, -0.25) is 4.79 Å². The number of rotatable bonds is 4. The Bertz CT molecular complexity index is 410. The van der Waals surface area contributed by atoms with Gasteiger partial charge in [-0.25, -0.2) is 8.78 Å². The highest BCUT2D eigenvalue weighted by molar-refractivity contribution is 5.94. The van der Waals surface area contributed by atoms with Crippen LogP contribution in [0.3, 0.4) is 0 Å². The number of nitrogens with two attached hydrogens (primary N) is 1. The zero-order valence-electron chi connectivity index (χ0n) is 9.28. The average Bonchev–Trinajstić information content (AvgIpc) is 2.29. The lowest BCUT2D eigenvalue weighted by Gasteiger charge is -2.15. The molecule has 2 unspecified atom stereocenters. The summed E-state index contributed by atoms with van der Waals surface area (Å²) in [5, 5.41) is 11.4. The molecule has 4 N–H and O–H groups in total. The summed E-state index contributed by atoms with van der Waals surface area (Å²) in [4.78, 5) is 11.5. The number of carbonyl (C=O) groups is 1. The first-order valence-electron chi connectivity index (χ1n) is 5.09. The summed E-state index contributed by atoms with van der Waals surface area (Å²) in [5.41, 5.74) is 5.09. The van der Waals surface area contributed by atoms with Gasteiger partial charge in [-0.05, 0) is 19.1 Å². The maximum Gasteiger partial charge on any atom is 0.254 e. The van der Waals surface area contributed by atoms with Crippen molar-refractivity contribution in [2.45, 2.75) is 19.1 Å². The quantitative estimate of drug-likeness (QED) is 0.717. The van der Waals surface area contributed by atoms with Crippen molar-refractivity contribution in [3.05, 3.63) is 35.4 Å². The summed E-state index contributed by atoms with van der Waals surface area (Å²) >= 11 is 0. The molecule has 0 radical (unpaired) electrons. The van der Waals surface area contributed by atoms with E-state index in [9.17, 15) is 13.6 Å². The van der Waals surface area contributed by atoms with E-state index in [0.29, 0.717) is 0 Å². The Kier molecular flexibility index (Phi) is 4.53. The van der Waals surface area contributed by atoms with Crippen molar-refractivity contribution in [1.82, 2.24) is 5.32 Å². The topological polar surface area (TPSA) is 75.3 Å². The van der Waals surface area contributed by atoms with Crippen LogP contribution in [0.1, 0.15) is 17.3 Å². The van der Waals surface area contributed by atoms with Crippen LogP contribution in [0.15, 0.2) is 18.2 Å². The van der Waals surface area contributed by atoms with Gasteiger partial charge in [-0.1, -0.05) is 6.07 Å². The van der Waals surface area contributed by atoms with E-state index in [1.807, 2.05) is 0 Å². The fraction of sp³-hybridized carbons (Fsp3) is 0.364. The number of aliphatic hydroxyl groups excluding tert-OH is 1. The van der Waals surface area contributed by atoms with Crippen LogP contribution < -0.4 is 11.1 Å². The molecule has 0 aliphatic carbocycles. The Morgan fingerprint density at radius 1 is 1.53 bits per heavy atom. The molecule has 0 fully saturated rings. The molecule has 1 aromatic rings. The van der Waals surface area contributed by atoms with Gasteiger partial charge in [0, 0.05) is 12.6 Å². The second kappa shape index (κ2) is 5.70. The Balaban J connectivity index is 2.68. The van der Waals surface area contributed by atoms with Crippen LogP contribution in [0, 0.1) is 11.6 Å². The van der Waals surface area contributed by atoms with Crippen molar-refractivity contribution in [1.29, 1.82) is 0 Å². The molecular weight excluding hydrogens is 230 g/mol. The maximum absolute atomic E-state index is 13.2. The van der Waals surface area contributed by atoms with E-state index >= 15 is 0 Å². The largest absolute Gasteiger partial charge is 0.392 e. The highest BCUT2D eigenvalue weighted by Crippen LogP contribution is 2.10. The van der Waals surface area contributed by atoms with Crippen LogP contribution in [0.5, 0.6) is 0 Å². The molecule has 0 spiro atoms. The van der Waals surface area contributed by atoms with Crippen LogP contribution in [0.25, 0.3) is 0 Å². The molecule has 0 aromatic heterocycles. The second-order valence-electron chi connectivity index (χ2n) is 3.72. The summed E-state index contributed by atoms with van der Waals surface area (Å²) in [5.74, 6) is -3.05. The van der Waals surface area contributed by atoms with Crippen molar-refractivity contribution in [2.75, 3.05) is 6.54 Å². The highest BCUT2D eigenvalue weighted by Gasteiger charge is 2.16. The minimum absolute atomic E-state index is 0.0214. The van der Waals surface area contributed by atoms with Crippen LogP contribution in [-0.2, 0) is 0 Å². The fourth-order valence-corrected chi connectivity index (χ4v) is 1.16. The zero-order valence-corrected chi connectivity index (χ0v) is 9.28. The van der Waals surface area contributed by atoms with E-state index in [4.69, 9.17) is 10.8 Å². The smallest absolute Gasteiger partial charge is 0.254 e. The molecule has 0 saturated heterocycles. The monoisotopic (exact) mass is 244 g/mol. The first-order chi connectivity index (χ1) is 7.93. The predicted octanol–water partition coefficient (Wildman–Crippen LogP) is 0.403. The van der Waals surface area contributed by atoms with E-state index in [0.717, 1.165) is 6.07 Å². The van der Waals surface area contributed by atoms with Crippen molar-refractivity contribution in [2.24, 2.45) is 5.73 Å². The van der Waals surface area contributed by atoms with E-state index in [1.165, 1.54) is 19.1 Å². The molecular formula is C11H14F2N2O2. The SMILES string of the molecule is CC(O)C(N)CNC(=O)c1cccc(F)c1F. The summed E-state index contributed by atoms with van der Waals surface area (Å²) < 4.78 is 26.1. The molecule has 0 aliphatic rings. The number of halogens is 2. The molecule has 0 bridgehead atoms. The van der Waals surface area contributed by atoms with Gasteiger partial charge >= 0.3 is 0 Å². The van der Waals surface area contributed by atoms with Crippen LogP contribution in [0.2, 0.25) is 0 Å². The number of benzene rings is 1. The van der Waals surface area contributed by atoms with Gasteiger partial charge in [-0.15, -0.1) is 0 Å².